The van der Waals surface area contributed by atoms with E-state index >= 15 is 0 Å². The van der Waals surface area contributed by atoms with Crippen molar-refractivity contribution in [3.63, 3.8) is 0 Å². The Labute approximate surface area is 47.9 Å². The SMILES string of the molecule is [CH2]OC(=O)OC=CC. The van der Waals surface area contributed by atoms with E-state index in [1.165, 1.54) is 6.26 Å². The highest BCUT2D eigenvalue weighted by Gasteiger charge is 1.92. The standard InChI is InChI=1S/C5H7O3/c1-3-4-8-5(6)7-2/h3-4H,2H2,1H3. The van der Waals surface area contributed by atoms with Gasteiger partial charge in [0.15, 0.2) is 0 Å². The van der Waals surface area contributed by atoms with E-state index in [2.05, 4.69) is 16.6 Å². The second-order valence-corrected chi connectivity index (χ2v) is 0.982. The van der Waals surface area contributed by atoms with Gasteiger partial charge in [0.05, 0.1) is 6.26 Å². The summed E-state index contributed by atoms with van der Waals surface area (Å²) in [6, 6.07) is 0. The minimum absolute atomic E-state index is 0.803. The Kier molecular flexibility index (Phi) is 3.66. The molecule has 3 heteroatoms. The number of rotatable bonds is 1. The summed E-state index contributed by atoms with van der Waals surface area (Å²) in [5.41, 5.74) is 0. The molecule has 0 spiro atoms. The highest BCUT2D eigenvalue weighted by atomic mass is 16.7. The largest absolute Gasteiger partial charge is 0.513 e. The van der Waals surface area contributed by atoms with E-state index in [9.17, 15) is 4.79 Å². The molecule has 8 heavy (non-hydrogen) atoms. The average Bonchev–Trinajstić information content (AvgIpc) is 1.83. The first-order chi connectivity index (χ1) is 3.81. The van der Waals surface area contributed by atoms with E-state index in [1.807, 2.05) is 0 Å². The fraction of sp³-hybridized carbons (Fsp3) is 0.200. The van der Waals surface area contributed by atoms with Crippen LogP contribution in [0.15, 0.2) is 12.3 Å². The van der Waals surface area contributed by atoms with Crippen molar-refractivity contribution in [3.05, 3.63) is 19.4 Å². The highest BCUT2D eigenvalue weighted by Crippen LogP contribution is 1.82. The summed E-state index contributed by atoms with van der Waals surface area (Å²) in [7, 11) is 2.83. The third-order valence-corrected chi connectivity index (χ3v) is 0.418. The Morgan fingerprint density at radius 2 is 2.38 bits per heavy atom. The lowest BCUT2D eigenvalue weighted by Crippen LogP contribution is -1.95. The maximum Gasteiger partial charge on any atom is 0.513 e. The molecule has 0 unspecified atom stereocenters. The third-order valence-electron chi connectivity index (χ3n) is 0.418. The number of carbonyl (C=O) groups excluding carboxylic acids is 1. The van der Waals surface area contributed by atoms with Crippen LogP contribution in [0.1, 0.15) is 6.92 Å². The molecule has 45 valence electrons. The lowest BCUT2D eigenvalue weighted by Gasteiger charge is -1.91. The minimum atomic E-state index is -0.803. The summed E-state index contributed by atoms with van der Waals surface area (Å²) in [5, 5.41) is 0. The van der Waals surface area contributed by atoms with E-state index in [0.29, 0.717) is 0 Å². The van der Waals surface area contributed by atoms with E-state index in [-0.39, 0.29) is 0 Å². The Hall–Kier alpha value is -0.990. The number of carbonyl (C=O) groups is 1. The summed E-state index contributed by atoms with van der Waals surface area (Å²) in [6.45, 7) is 1.72. The second-order valence-electron chi connectivity index (χ2n) is 0.982. The number of allylic oxidation sites excluding steroid dienone is 1. The van der Waals surface area contributed by atoms with Crippen molar-refractivity contribution in [2.45, 2.75) is 6.92 Å². The van der Waals surface area contributed by atoms with E-state index < -0.39 is 6.16 Å². The molecule has 0 atom stereocenters. The van der Waals surface area contributed by atoms with Gasteiger partial charge < -0.3 is 9.47 Å². The molecule has 0 aliphatic carbocycles. The summed E-state index contributed by atoms with van der Waals surface area (Å²) < 4.78 is 8.13. The predicted molar refractivity (Wildman–Crippen MR) is 27.7 cm³/mol. The molecule has 0 heterocycles. The molecule has 0 N–H and O–H groups in total. The third kappa shape index (κ3) is 3.21. The molecular formula is C5H7O3. The molecule has 0 saturated heterocycles. The summed E-state index contributed by atoms with van der Waals surface area (Å²) in [5.74, 6) is 0. The number of hydrogen-bond acceptors (Lipinski definition) is 3. The van der Waals surface area contributed by atoms with Crippen molar-refractivity contribution >= 4 is 6.16 Å². The quantitative estimate of drug-likeness (QED) is 0.383. The first-order valence-electron chi connectivity index (χ1n) is 2.05. The fourth-order valence-electron chi connectivity index (χ4n) is 0.158. The molecule has 0 fully saturated rings. The monoisotopic (exact) mass is 115 g/mol. The maximum absolute atomic E-state index is 10.0. The van der Waals surface area contributed by atoms with Gasteiger partial charge in [0, 0.05) is 0 Å². The van der Waals surface area contributed by atoms with Crippen LogP contribution in [0.25, 0.3) is 0 Å². The van der Waals surface area contributed by atoms with Crippen LogP contribution in [0.4, 0.5) is 4.79 Å². The summed E-state index contributed by atoms with van der Waals surface area (Å²) in [6.07, 6.45) is 1.98. The first-order valence-corrected chi connectivity index (χ1v) is 2.05. The second kappa shape index (κ2) is 4.18. The van der Waals surface area contributed by atoms with E-state index in [4.69, 9.17) is 0 Å². The molecular weight excluding hydrogens is 108 g/mol. The molecule has 0 rings (SSSR count). The van der Waals surface area contributed by atoms with Crippen molar-refractivity contribution in [2.24, 2.45) is 0 Å². The minimum Gasteiger partial charge on any atom is -0.430 e. The molecule has 3 nitrogen and oxygen atoms in total. The Balaban J connectivity index is 3.25. The van der Waals surface area contributed by atoms with Crippen molar-refractivity contribution in [2.75, 3.05) is 0 Å². The zero-order chi connectivity index (χ0) is 6.41. The van der Waals surface area contributed by atoms with Crippen molar-refractivity contribution in [1.29, 1.82) is 0 Å². The van der Waals surface area contributed by atoms with Crippen LogP contribution in [-0.2, 0) is 9.47 Å². The first kappa shape index (κ1) is 7.01. The van der Waals surface area contributed by atoms with Crippen molar-refractivity contribution in [1.82, 2.24) is 0 Å². The molecule has 0 bridgehead atoms. The lowest BCUT2D eigenvalue weighted by atomic mass is 10.7. The predicted octanol–water partition coefficient (Wildman–Crippen LogP) is 1.46. The fourth-order valence-corrected chi connectivity index (χ4v) is 0.158. The molecule has 0 aromatic heterocycles. The van der Waals surface area contributed by atoms with Gasteiger partial charge >= 0.3 is 6.16 Å². The topological polar surface area (TPSA) is 35.5 Å². The van der Waals surface area contributed by atoms with Gasteiger partial charge in [-0.3, -0.25) is 0 Å². The molecule has 0 aromatic carbocycles. The molecule has 0 amide bonds. The van der Waals surface area contributed by atoms with Gasteiger partial charge in [-0.2, -0.15) is 0 Å². The van der Waals surface area contributed by atoms with Gasteiger partial charge in [0.25, 0.3) is 0 Å². The van der Waals surface area contributed by atoms with Crippen molar-refractivity contribution < 1.29 is 14.3 Å². The van der Waals surface area contributed by atoms with Crippen LogP contribution in [0.5, 0.6) is 0 Å². The average molecular weight is 115 g/mol. The molecule has 1 radical (unpaired) electrons. The van der Waals surface area contributed by atoms with Crippen LogP contribution in [0.2, 0.25) is 0 Å². The van der Waals surface area contributed by atoms with Crippen molar-refractivity contribution in [3.8, 4) is 0 Å². The van der Waals surface area contributed by atoms with Gasteiger partial charge in [0.1, 0.15) is 7.11 Å². The van der Waals surface area contributed by atoms with E-state index in [0.717, 1.165) is 0 Å². The lowest BCUT2D eigenvalue weighted by molar-refractivity contribution is 0.117. The Bertz CT molecular complexity index is 95.8. The number of hydrogen-bond donors (Lipinski definition) is 0. The van der Waals surface area contributed by atoms with Crippen LogP contribution in [-0.4, -0.2) is 6.16 Å². The van der Waals surface area contributed by atoms with E-state index in [1.54, 1.807) is 13.0 Å². The highest BCUT2D eigenvalue weighted by molar-refractivity contribution is 5.60. The van der Waals surface area contributed by atoms with Gasteiger partial charge in [-0.1, -0.05) is 6.08 Å². The van der Waals surface area contributed by atoms with Gasteiger partial charge in [-0.05, 0) is 6.92 Å². The Morgan fingerprint density at radius 1 is 1.75 bits per heavy atom. The van der Waals surface area contributed by atoms with Crippen LogP contribution >= 0.6 is 0 Å². The van der Waals surface area contributed by atoms with Gasteiger partial charge in [-0.15, -0.1) is 0 Å². The van der Waals surface area contributed by atoms with Gasteiger partial charge in [0.2, 0.25) is 0 Å². The zero-order valence-corrected chi connectivity index (χ0v) is 4.59. The van der Waals surface area contributed by atoms with Crippen LogP contribution in [0, 0.1) is 7.11 Å². The summed E-state index contributed by atoms with van der Waals surface area (Å²) >= 11 is 0. The molecule has 0 aromatic rings. The summed E-state index contributed by atoms with van der Waals surface area (Å²) in [4.78, 5) is 10.0. The zero-order valence-electron chi connectivity index (χ0n) is 4.59. The number of ether oxygens (including phenoxy) is 2. The Morgan fingerprint density at radius 3 is 2.75 bits per heavy atom. The molecule has 0 aliphatic rings. The molecule has 0 saturated carbocycles. The van der Waals surface area contributed by atoms with Crippen LogP contribution < -0.4 is 0 Å². The van der Waals surface area contributed by atoms with Gasteiger partial charge in [-0.25, -0.2) is 4.79 Å². The normalized spacial score (nSPS) is 9.25. The smallest absolute Gasteiger partial charge is 0.430 e. The van der Waals surface area contributed by atoms with Crippen LogP contribution in [0.3, 0.4) is 0 Å². The maximum atomic E-state index is 10.0. The molecule has 0 aliphatic heterocycles.